The molecule has 1 saturated heterocycles. The van der Waals surface area contributed by atoms with Crippen molar-refractivity contribution in [3.8, 4) is 5.75 Å². The lowest BCUT2D eigenvalue weighted by atomic mass is 10.1. The summed E-state index contributed by atoms with van der Waals surface area (Å²) in [6, 6.07) is 14.9. The Morgan fingerprint density at radius 1 is 1.26 bits per heavy atom. The number of rotatable bonds is 6. The summed E-state index contributed by atoms with van der Waals surface area (Å²) in [6.07, 6.45) is 1.75. The molecule has 3 rings (SSSR count). The highest BCUT2D eigenvalue weighted by molar-refractivity contribution is 9.10. The molecule has 0 spiro atoms. The first-order valence-corrected chi connectivity index (χ1v) is 9.48. The van der Waals surface area contributed by atoms with Crippen LogP contribution in [0.25, 0.3) is 0 Å². The lowest BCUT2D eigenvalue weighted by Gasteiger charge is -2.16. The van der Waals surface area contributed by atoms with Crippen LogP contribution in [0.2, 0.25) is 0 Å². The van der Waals surface area contributed by atoms with Gasteiger partial charge in [-0.05, 0) is 61.0 Å². The Balaban J connectivity index is 1.55. The van der Waals surface area contributed by atoms with E-state index >= 15 is 0 Å². The Morgan fingerprint density at radius 2 is 1.96 bits per heavy atom. The summed E-state index contributed by atoms with van der Waals surface area (Å²) in [4.78, 5) is 26.2. The summed E-state index contributed by atoms with van der Waals surface area (Å²) in [5.74, 6) is 0.0490. The molecule has 1 heterocycles. The SMILES string of the molecule is CCOc1ccc(/C=N/NC(=O)C2CC(=O)N(c3ccc(Br)cc3)C2)cc1. The Kier molecular flexibility index (Phi) is 6.24. The van der Waals surface area contributed by atoms with Gasteiger partial charge in [0.25, 0.3) is 0 Å². The van der Waals surface area contributed by atoms with E-state index in [1.54, 1.807) is 11.1 Å². The molecule has 0 saturated carbocycles. The molecule has 6 nitrogen and oxygen atoms in total. The second-order valence-electron chi connectivity index (χ2n) is 6.12. The molecule has 2 amide bonds. The third kappa shape index (κ3) is 4.95. The number of amides is 2. The van der Waals surface area contributed by atoms with E-state index in [1.165, 1.54) is 0 Å². The number of benzene rings is 2. The lowest BCUT2D eigenvalue weighted by molar-refractivity contribution is -0.126. The van der Waals surface area contributed by atoms with Gasteiger partial charge in [-0.15, -0.1) is 0 Å². The van der Waals surface area contributed by atoms with Crippen LogP contribution in [0.1, 0.15) is 18.9 Å². The van der Waals surface area contributed by atoms with Gasteiger partial charge in [0.15, 0.2) is 0 Å². The molecule has 1 fully saturated rings. The third-order valence-electron chi connectivity index (χ3n) is 4.21. The van der Waals surface area contributed by atoms with Crippen LogP contribution >= 0.6 is 15.9 Å². The Morgan fingerprint density at radius 3 is 2.63 bits per heavy atom. The standard InChI is InChI=1S/C20H20BrN3O3/c1-2-27-18-9-3-14(4-10-18)12-22-23-20(26)15-11-19(25)24(13-15)17-7-5-16(21)6-8-17/h3-10,12,15H,2,11,13H2,1H3,(H,23,26)/b22-12+. The molecule has 1 N–H and O–H groups in total. The van der Waals surface area contributed by atoms with E-state index in [0.717, 1.165) is 21.5 Å². The van der Waals surface area contributed by atoms with Gasteiger partial charge in [0.05, 0.1) is 18.7 Å². The van der Waals surface area contributed by atoms with E-state index in [0.29, 0.717) is 13.2 Å². The molecule has 1 aliphatic rings. The number of hydrazone groups is 1. The van der Waals surface area contributed by atoms with Gasteiger partial charge in [-0.2, -0.15) is 5.10 Å². The molecule has 0 aromatic heterocycles. The lowest BCUT2D eigenvalue weighted by Crippen LogP contribution is -2.30. The van der Waals surface area contributed by atoms with E-state index in [9.17, 15) is 9.59 Å². The van der Waals surface area contributed by atoms with Crippen LogP contribution < -0.4 is 15.1 Å². The van der Waals surface area contributed by atoms with E-state index < -0.39 is 5.92 Å². The van der Waals surface area contributed by atoms with Crippen LogP contribution in [0, 0.1) is 5.92 Å². The largest absolute Gasteiger partial charge is 0.494 e. The van der Waals surface area contributed by atoms with Crippen molar-refractivity contribution in [3.05, 3.63) is 58.6 Å². The average molecular weight is 430 g/mol. The fourth-order valence-electron chi connectivity index (χ4n) is 2.83. The smallest absolute Gasteiger partial charge is 0.245 e. The predicted molar refractivity (Wildman–Crippen MR) is 108 cm³/mol. The zero-order valence-electron chi connectivity index (χ0n) is 14.9. The second-order valence-corrected chi connectivity index (χ2v) is 7.03. The molecular weight excluding hydrogens is 410 g/mol. The van der Waals surface area contributed by atoms with Crippen LogP contribution in [0.5, 0.6) is 5.75 Å². The van der Waals surface area contributed by atoms with Crippen molar-refractivity contribution in [2.75, 3.05) is 18.1 Å². The topological polar surface area (TPSA) is 71.0 Å². The minimum Gasteiger partial charge on any atom is -0.494 e. The molecule has 1 unspecified atom stereocenters. The number of carbonyl (C=O) groups is 2. The average Bonchev–Trinajstić information content (AvgIpc) is 3.06. The summed E-state index contributed by atoms with van der Waals surface area (Å²) in [5, 5.41) is 3.99. The monoisotopic (exact) mass is 429 g/mol. The first-order chi connectivity index (χ1) is 13.1. The van der Waals surface area contributed by atoms with Gasteiger partial charge in [-0.3, -0.25) is 9.59 Å². The molecule has 0 aliphatic carbocycles. The minimum atomic E-state index is -0.418. The first kappa shape index (κ1) is 19.1. The molecule has 27 heavy (non-hydrogen) atoms. The maximum absolute atomic E-state index is 12.3. The number of halogens is 1. The van der Waals surface area contributed by atoms with Gasteiger partial charge in [0.2, 0.25) is 11.8 Å². The normalized spacial score (nSPS) is 16.7. The predicted octanol–water partition coefficient (Wildman–Crippen LogP) is 3.35. The Labute approximate surface area is 166 Å². The van der Waals surface area contributed by atoms with Crippen molar-refractivity contribution in [3.63, 3.8) is 0 Å². The molecule has 2 aromatic carbocycles. The van der Waals surface area contributed by atoms with E-state index in [-0.39, 0.29) is 18.2 Å². The molecule has 0 bridgehead atoms. The van der Waals surface area contributed by atoms with Gasteiger partial charge >= 0.3 is 0 Å². The number of ether oxygens (including phenoxy) is 1. The Hall–Kier alpha value is -2.67. The van der Waals surface area contributed by atoms with Crippen LogP contribution in [-0.2, 0) is 9.59 Å². The van der Waals surface area contributed by atoms with Crippen molar-refractivity contribution in [2.45, 2.75) is 13.3 Å². The Bertz CT molecular complexity index is 835. The van der Waals surface area contributed by atoms with Gasteiger partial charge in [-0.1, -0.05) is 15.9 Å². The summed E-state index contributed by atoms with van der Waals surface area (Å²) in [7, 11) is 0. The highest BCUT2D eigenvalue weighted by Gasteiger charge is 2.35. The fraction of sp³-hybridized carbons (Fsp3) is 0.250. The minimum absolute atomic E-state index is 0.0621. The van der Waals surface area contributed by atoms with Crippen molar-refractivity contribution in [1.82, 2.24) is 5.43 Å². The van der Waals surface area contributed by atoms with Crippen molar-refractivity contribution in [1.29, 1.82) is 0 Å². The quantitative estimate of drug-likeness (QED) is 0.565. The van der Waals surface area contributed by atoms with Crippen molar-refractivity contribution in [2.24, 2.45) is 11.0 Å². The first-order valence-electron chi connectivity index (χ1n) is 8.68. The zero-order valence-corrected chi connectivity index (χ0v) is 16.5. The molecule has 7 heteroatoms. The van der Waals surface area contributed by atoms with Crippen molar-refractivity contribution < 1.29 is 14.3 Å². The maximum atomic E-state index is 12.3. The van der Waals surface area contributed by atoms with Crippen LogP contribution in [0.4, 0.5) is 5.69 Å². The highest BCUT2D eigenvalue weighted by atomic mass is 79.9. The van der Waals surface area contributed by atoms with Gasteiger partial charge in [0, 0.05) is 23.1 Å². The van der Waals surface area contributed by atoms with E-state index in [4.69, 9.17) is 4.74 Å². The van der Waals surface area contributed by atoms with E-state index in [2.05, 4.69) is 26.5 Å². The van der Waals surface area contributed by atoms with Crippen molar-refractivity contribution >= 4 is 39.6 Å². The molecule has 1 aliphatic heterocycles. The molecule has 1 atom stereocenters. The third-order valence-corrected chi connectivity index (χ3v) is 4.74. The molecule has 2 aromatic rings. The number of anilines is 1. The highest BCUT2D eigenvalue weighted by Crippen LogP contribution is 2.26. The number of carbonyl (C=O) groups excluding carboxylic acids is 2. The molecule has 0 radical (unpaired) electrons. The number of nitrogens with one attached hydrogen (secondary N) is 1. The number of nitrogens with zero attached hydrogens (tertiary/aromatic N) is 2. The number of hydrogen-bond acceptors (Lipinski definition) is 4. The summed E-state index contributed by atoms with van der Waals surface area (Å²) >= 11 is 3.37. The van der Waals surface area contributed by atoms with Crippen LogP contribution in [0.15, 0.2) is 58.1 Å². The van der Waals surface area contributed by atoms with Gasteiger partial charge < -0.3 is 9.64 Å². The zero-order chi connectivity index (χ0) is 19.2. The summed E-state index contributed by atoms with van der Waals surface area (Å²) in [5.41, 5.74) is 4.16. The van der Waals surface area contributed by atoms with Crippen LogP contribution in [0.3, 0.4) is 0 Å². The fourth-order valence-corrected chi connectivity index (χ4v) is 3.10. The maximum Gasteiger partial charge on any atom is 0.245 e. The molecule has 140 valence electrons. The molecular formula is C20H20BrN3O3. The second kappa shape index (κ2) is 8.81. The van der Waals surface area contributed by atoms with Gasteiger partial charge in [-0.25, -0.2) is 5.43 Å². The van der Waals surface area contributed by atoms with Gasteiger partial charge in [0.1, 0.15) is 5.75 Å². The number of hydrogen-bond donors (Lipinski definition) is 1. The summed E-state index contributed by atoms with van der Waals surface area (Å²) in [6.45, 7) is 2.89. The summed E-state index contributed by atoms with van der Waals surface area (Å²) < 4.78 is 6.32. The van der Waals surface area contributed by atoms with Crippen LogP contribution in [-0.4, -0.2) is 31.2 Å². The van der Waals surface area contributed by atoms with E-state index in [1.807, 2.05) is 55.5 Å².